The minimum absolute atomic E-state index is 0.0232. The highest BCUT2D eigenvalue weighted by atomic mass is 16.6. The molecule has 2 N–H and O–H groups in total. The van der Waals surface area contributed by atoms with E-state index in [1.165, 1.54) is 0 Å². The van der Waals surface area contributed by atoms with Crippen LogP contribution in [0.5, 0.6) is 0 Å². The first kappa shape index (κ1) is 21.1. The molecule has 0 saturated heterocycles. The number of rotatable bonds is 7. The molecule has 0 saturated carbocycles. The minimum atomic E-state index is -1.70. The van der Waals surface area contributed by atoms with Gasteiger partial charge in [-0.15, -0.1) is 0 Å². The summed E-state index contributed by atoms with van der Waals surface area (Å²) in [6.07, 6.45) is -0.640. The molecule has 132 valence electrons. The summed E-state index contributed by atoms with van der Waals surface area (Å²) in [7, 11) is 0. The van der Waals surface area contributed by atoms with Crippen LogP contribution >= 0.6 is 0 Å². The third-order valence-corrected chi connectivity index (χ3v) is 2.85. The van der Waals surface area contributed by atoms with Crippen molar-refractivity contribution in [2.45, 2.75) is 60.0 Å². The van der Waals surface area contributed by atoms with E-state index in [1.807, 2.05) is 0 Å². The highest BCUT2D eigenvalue weighted by Gasteiger charge is 2.39. The molecule has 0 bridgehead atoms. The largest absolute Gasteiger partial charge is 0.481 e. The first-order valence-corrected chi connectivity index (χ1v) is 7.35. The van der Waals surface area contributed by atoms with Gasteiger partial charge in [0.15, 0.2) is 5.92 Å². The lowest BCUT2D eigenvalue weighted by Crippen LogP contribution is -2.37. The Morgan fingerprint density at radius 2 is 1.30 bits per heavy atom. The third-order valence-electron chi connectivity index (χ3n) is 2.85. The van der Waals surface area contributed by atoms with E-state index in [0.717, 1.165) is 0 Å². The van der Waals surface area contributed by atoms with Crippen LogP contribution in [0, 0.1) is 17.3 Å². The van der Waals surface area contributed by atoms with Crippen molar-refractivity contribution >= 4 is 23.7 Å². The Balaban J connectivity index is 5.27. The normalized spacial score (nSPS) is 14.7. The predicted molar refractivity (Wildman–Crippen MR) is 81.8 cm³/mol. The Kier molecular flexibility index (Phi) is 6.94. The zero-order chi connectivity index (χ0) is 18.6. The average molecular weight is 330 g/mol. The molecule has 0 heterocycles. The maximum atomic E-state index is 12.1. The second kappa shape index (κ2) is 7.57. The molecule has 0 aromatic carbocycles. The van der Waals surface area contributed by atoms with Gasteiger partial charge in [0.05, 0.1) is 0 Å². The van der Waals surface area contributed by atoms with Gasteiger partial charge in [0.2, 0.25) is 0 Å². The van der Waals surface area contributed by atoms with Crippen molar-refractivity contribution in [3.05, 3.63) is 0 Å². The molecule has 0 spiro atoms. The highest BCUT2D eigenvalue weighted by Crippen LogP contribution is 2.25. The summed E-state index contributed by atoms with van der Waals surface area (Å²) in [6, 6.07) is 0. The molecular formula is C16H26O7. The van der Waals surface area contributed by atoms with Gasteiger partial charge in [0.25, 0.3) is 0 Å². The monoisotopic (exact) mass is 330 g/mol. The number of aliphatic carboxylic acids is 2. The summed E-state index contributed by atoms with van der Waals surface area (Å²) >= 11 is 0. The van der Waals surface area contributed by atoms with Crippen molar-refractivity contribution in [3.8, 4) is 0 Å². The van der Waals surface area contributed by atoms with Gasteiger partial charge in [-0.05, 0) is 32.6 Å². The summed E-state index contributed by atoms with van der Waals surface area (Å²) in [6.45, 7) is 10.0. The summed E-state index contributed by atoms with van der Waals surface area (Å²) in [5.74, 6) is -7.83. The Hall–Kier alpha value is -1.92. The molecule has 23 heavy (non-hydrogen) atoms. The number of carbonyl (C=O) groups is 4. The molecule has 2 atom stereocenters. The lowest BCUT2D eigenvalue weighted by atomic mass is 9.82. The number of esters is 1. The fourth-order valence-electron chi connectivity index (χ4n) is 1.92. The molecule has 0 aliphatic heterocycles. The van der Waals surface area contributed by atoms with Gasteiger partial charge in [-0.3, -0.25) is 19.2 Å². The molecule has 2 unspecified atom stereocenters. The minimum Gasteiger partial charge on any atom is -0.481 e. The summed E-state index contributed by atoms with van der Waals surface area (Å²) < 4.78 is 5.00. The molecular weight excluding hydrogens is 304 g/mol. The number of hydrogen-bond acceptors (Lipinski definition) is 5. The molecule has 0 rings (SSSR count). The quantitative estimate of drug-likeness (QED) is 0.542. The lowest BCUT2D eigenvalue weighted by Gasteiger charge is -2.24. The van der Waals surface area contributed by atoms with Gasteiger partial charge in [-0.2, -0.15) is 0 Å². The zero-order valence-corrected chi connectivity index (χ0v) is 14.5. The SMILES string of the molecule is CC(C)(C)CC(=O)C(CC(C(=O)O)C(=O)OC(C)(C)C)C(=O)O. The van der Waals surface area contributed by atoms with Crippen LogP contribution in [-0.2, 0) is 23.9 Å². The van der Waals surface area contributed by atoms with Crippen LogP contribution in [0.4, 0.5) is 0 Å². The second-order valence-electron chi connectivity index (χ2n) is 7.75. The van der Waals surface area contributed by atoms with Gasteiger partial charge in [-0.25, -0.2) is 0 Å². The van der Waals surface area contributed by atoms with Crippen LogP contribution in [0.1, 0.15) is 54.4 Å². The number of ketones is 1. The Bertz CT molecular complexity index is 436. The van der Waals surface area contributed by atoms with E-state index in [-0.39, 0.29) is 6.42 Å². The lowest BCUT2D eigenvalue weighted by molar-refractivity contribution is -0.168. The molecule has 7 nitrogen and oxygen atoms in total. The molecule has 0 aliphatic carbocycles. The number of Topliss-reactive ketones (excluding diaryl/α,β-unsaturated/α-hetero) is 1. The van der Waals surface area contributed by atoms with Gasteiger partial charge in [0, 0.05) is 6.42 Å². The predicted octanol–water partition coefficient (Wildman–Crippen LogP) is 2.13. The zero-order valence-electron chi connectivity index (χ0n) is 14.5. The smallest absolute Gasteiger partial charge is 0.320 e. The van der Waals surface area contributed by atoms with Gasteiger partial charge in [0.1, 0.15) is 17.3 Å². The molecule has 0 fully saturated rings. The van der Waals surface area contributed by atoms with Crippen molar-refractivity contribution in [1.29, 1.82) is 0 Å². The van der Waals surface area contributed by atoms with E-state index in [1.54, 1.807) is 41.5 Å². The Morgan fingerprint density at radius 3 is 1.61 bits per heavy atom. The van der Waals surface area contributed by atoms with Crippen molar-refractivity contribution in [2.75, 3.05) is 0 Å². The molecule has 0 aliphatic rings. The van der Waals surface area contributed by atoms with Crippen molar-refractivity contribution in [2.24, 2.45) is 17.3 Å². The average Bonchev–Trinajstić information content (AvgIpc) is 2.22. The van der Waals surface area contributed by atoms with Crippen molar-refractivity contribution < 1.29 is 34.1 Å². The fraction of sp³-hybridized carbons (Fsp3) is 0.750. The van der Waals surface area contributed by atoms with E-state index in [0.29, 0.717) is 0 Å². The fourth-order valence-corrected chi connectivity index (χ4v) is 1.92. The molecule has 0 amide bonds. The van der Waals surface area contributed by atoms with E-state index < -0.39 is 53.0 Å². The molecule has 0 aromatic heterocycles. The highest BCUT2D eigenvalue weighted by molar-refractivity contribution is 6.01. The second-order valence-corrected chi connectivity index (χ2v) is 7.75. The van der Waals surface area contributed by atoms with E-state index in [2.05, 4.69) is 0 Å². The van der Waals surface area contributed by atoms with Gasteiger partial charge >= 0.3 is 17.9 Å². The Labute approximate surface area is 136 Å². The number of carboxylic acid groups (broad SMARTS) is 2. The number of carbonyl (C=O) groups excluding carboxylic acids is 2. The third kappa shape index (κ3) is 8.32. The summed E-state index contributed by atoms with van der Waals surface area (Å²) in [4.78, 5) is 46.7. The van der Waals surface area contributed by atoms with Crippen LogP contribution in [0.15, 0.2) is 0 Å². The summed E-state index contributed by atoms with van der Waals surface area (Å²) in [5, 5.41) is 18.4. The van der Waals surface area contributed by atoms with Crippen LogP contribution in [-0.4, -0.2) is 39.5 Å². The van der Waals surface area contributed by atoms with Crippen LogP contribution < -0.4 is 0 Å². The summed E-state index contributed by atoms with van der Waals surface area (Å²) in [5.41, 5.74) is -1.34. The van der Waals surface area contributed by atoms with Gasteiger partial charge < -0.3 is 14.9 Å². The number of hydrogen-bond donors (Lipinski definition) is 2. The van der Waals surface area contributed by atoms with E-state index in [9.17, 15) is 29.4 Å². The number of carboxylic acids is 2. The van der Waals surface area contributed by atoms with E-state index in [4.69, 9.17) is 4.74 Å². The standard InChI is InChI=1S/C16H26O7/c1-15(2,3)8-11(17)9(12(18)19)7-10(13(20)21)14(22)23-16(4,5)6/h9-10H,7-8H2,1-6H3,(H,18,19)(H,20,21). The van der Waals surface area contributed by atoms with Crippen LogP contribution in [0.25, 0.3) is 0 Å². The first-order chi connectivity index (χ1) is 10.1. The molecule has 7 heteroatoms. The van der Waals surface area contributed by atoms with E-state index >= 15 is 0 Å². The van der Waals surface area contributed by atoms with Gasteiger partial charge in [-0.1, -0.05) is 20.8 Å². The Morgan fingerprint density at radius 1 is 0.870 bits per heavy atom. The van der Waals surface area contributed by atoms with Crippen molar-refractivity contribution in [3.63, 3.8) is 0 Å². The molecule has 0 aromatic rings. The van der Waals surface area contributed by atoms with Crippen molar-refractivity contribution in [1.82, 2.24) is 0 Å². The first-order valence-electron chi connectivity index (χ1n) is 7.35. The van der Waals surface area contributed by atoms with Crippen LogP contribution in [0.3, 0.4) is 0 Å². The topological polar surface area (TPSA) is 118 Å². The maximum absolute atomic E-state index is 12.1. The molecule has 0 radical (unpaired) electrons. The maximum Gasteiger partial charge on any atom is 0.320 e. The number of ether oxygens (including phenoxy) is 1. The van der Waals surface area contributed by atoms with Crippen LogP contribution in [0.2, 0.25) is 0 Å².